The van der Waals surface area contributed by atoms with Crippen LogP contribution < -0.4 is 14.2 Å². The highest BCUT2D eigenvalue weighted by molar-refractivity contribution is 6.03. The topological polar surface area (TPSA) is 223 Å². The van der Waals surface area contributed by atoms with E-state index in [1.54, 1.807) is 65.6 Å². The summed E-state index contributed by atoms with van der Waals surface area (Å²) in [4.78, 5) is 57.9. The van der Waals surface area contributed by atoms with Gasteiger partial charge in [-0.1, -0.05) is 72.6 Å². The van der Waals surface area contributed by atoms with Crippen molar-refractivity contribution in [2.75, 3.05) is 26.9 Å². The second kappa shape index (κ2) is 25.3. The maximum atomic E-state index is 15.6. The van der Waals surface area contributed by atoms with Crippen molar-refractivity contribution in [2.24, 2.45) is 22.9 Å². The van der Waals surface area contributed by atoms with E-state index in [9.17, 15) is 35.2 Å². The van der Waals surface area contributed by atoms with E-state index in [1.807, 2.05) is 54.6 Å². The molecule has 0 radical (unpaired) electrons. The number of nitro groups is 2. The maximum absolute atomic E-state index is 15.6. The molecule has 17 heteroatoms. The van der Waals surface area contributed by atoms with Crippen LogP contribution in [-0.4, -0.2) is 81.6 Å². The minimum atomic E-state index is -1.65. The Labute approximate surface area is 457 Å². The van der Waals surface area contributed by atoms with Gasteiger partial charge in [0.25, 0.3) is 11.4 Å². The highest BCUT2D eigenvalue weighted by Gasteiger charge is 2.65. The van der Waals surface area contributed by atoms with Gasteiger partial charge in [0, 0.05) is 68.0 Å². The number of ether oxygens (including phenoxy) is 4. The molecule has 0 aromatic heterocycles. The number of carbonyl (C=O) groups excluding carboxylic acids is 2. The van der Waals surface area contributed by atoms with Crippen molar-refractivity contribution in [1.82, 2.24) is 4.90 Å². The number of aliphatic hydroxyl groups is 2. The molecular formula is C62H62N4O13. The van der Waals surface area contributed by atoms with Gasteiger partial charge in [0.05, 0.1) is 40.8 Å². The third-order valence-electron chi connectivity index (χ3n) is 15.2. The van der Waals surface area contributed by atoms with E-state index in [0.717, 1.165) is 27.5 Å². The van der Waals surface area contributed by atoms with Gasteiger partial charge >= 0.3 is 0 Å². The number of rotatable bonds is 25. The predicted molar refractivity (Wildman–Crippen MR) is 298 cm³/mol. The predicted octanol–water partition coefficient (Wildman–Crippen LogP) is 11.8. The molecule has 9 rings (SSSR count). The summed E-state index contributed by atoms with van der Waals surface area (Å²) in [6.45, 7) is 4.12. The van der Waals surface area contributed by atoms with E-state index in [1.165, 1.54) is 37.5 Å². The minimum Gasteiger partial charge on any atom is -0.496 e. The zero-order valence-electron chi connectivity index (χ0n) is 43.8. The van der Waals surface area contributed by atoms with Crippen LogP contribution in [0.4, 0.5) is 11.4 Å². The molecular weight excluding hydrogens is 1010 g/mol. The molecule has 0 saturated heterocycles. The molecule has 1 aliphatic heterocycles. The zero-order valence-corrected chi connectivity index (χ0v) is 43.8. The van der Waals surface area contributed by atoms with Crippen molar-refractivity contribution >= 4 is 46.1 Å². The van der Waals surface area contributed by atoms with Crippen LogP contribution in [0.5, 0.6) is 23.0 Å². The number of allylic oxidation sites excluding steroid dienone is 1. The first-order chi connectivity index (χ1) is 38.5. The lowest BCUT2D eigenvalue weighted by Gasteiger charge is -2.60. The summed E-state index contributed by atoms with van der Waals surface area (Å²) in [5.74, 6) is -1.68. The van der Waals surface area contributed by atoms with Gasteiger partial charge in [0.2, 0.25) is 11.7 Å². The van der Waals surface area contributed by atoms with Crippen LogP contribution >= 0.6 is 0 Å². The quantitative estimate of drug-likeness (QED) is 0.0136. The van der Waals surface area contributed by atoms with Crippen LogP contribution in [0, 0.1) is 38.0 Å². The van der Waals surface area contributed by atoms with Crippen molar-refractivity contribution in [1.29, 1.82) is 0 Å². The monoisotopic (exact) mass is 1070 g/mol. The summed E-state index contributed by atoms with van der Waals surface area (Å²) >= 11 is 0. The lowest BCUT2D eigenvalue weighted by molar-refractivity contribution is -0.385. The second-order valence-corrected chi connectivity index (χ2v) is 19.9. The van der Waals surface area contributed by atoms with Gasteiger partial charge in [0.15, 0.2) is 6.29 Å². The van der Waals surface area contributed by atoms with Gasteiger partial charge in [-0.25, -0.2) is 0 Å². The maximum Gasteiger partial charge on any atom is 0.269 e. The Morgan fingerprint density at radius 2 is 1.56 bits per heavy atom. The fourth-order valence-corrected chi connectivity index (χ4v) is 11.5. The van der Waals surface area contributed by atoms with Crippen LogP contribution in [0.2, 0.25) is 0 Å². The molecule has 2 aliphatic carbocycles. The molecule has 17 nitrogen and oxygen atoms in total. The molecule has 0 spiro atoms. The summed E-state index contributed by atoms with van der Waals surface area (Å²) in [7, 11) is 1.49. The Morgan fingerprint density at radius 1 is 0.861 bits per heavy atom. The Bertz CT molecular complexity index is 3280. The first-order valence-electron chi connectivity index (χ1n) is 26.4. The standard InChI is InChI=1S/C62H62N4O13/c1-3-33-76-62-58(64(38-45-14-10-13-43-11-4-5-15-51(43)45)59(70)30-21-41-17-22-47(23-18-41)65(71)72)37-55(63-77-40-42-19-24-48(25-20-42)66(73)74)53-35-44(12-6-8-31-67)52(16-7-9-32-68)60(61(53)62)54-36-50(27-29-57(54)79-62)78-49-26-28-56(75-2)46(34-49)39-69/h3-5,10-11,13-15,17-30,34-36,39,44,52,58,60-61,67-68H,1,6-9,12,16,31-33,37-38,40H2,2H3/t44-,52+,58-,60+,61+,62+/m0/s1. The number of unbranched alkanes of at least 4 members (excludes halogenated alkanes) is 2. The number of hydrogen-bond acceptors (Lipinski definition) is 14. The Hall–Kier alpha value is -8.51. The van der Waals surface area contributed by atoms with Gasteiger partial charge in [0.1, 0.15) is 35.6 Å². The molecule has 79 heavy (non-hydrogen) atoms. The van der Waals surface area contributed by atoms with Crippen LogP contribution in [0.25, 0.3) is 16.8 Å². The van der Waals surface area contributed by atoms with E-state index in [0.29, 0.717) is 90.2 Å². The minimum absolute atomic E-state index is 0.00456. The Morgan fingerprint density at radius 3 is 2.27 bits per heavy atom. The molecule has 1 saturated carbocycles. The lowest BCUT2D eigenvalue weighted by atomic mass is 9.55. The molecule has 0 bridgehead atoms. The number of methoxy groups -OCH3 is 1. The molecule has 408 valence electrons. The zero-order chi connectivity index (χ0) is 55.5. The fraction of sp³-hybridized carbons (Fsp3) is 0.306. The number of fused-ring (bicyclic) bond motifs is 3. The van der Waals surface area contributed by atoms with Gasteiger partial charge in [-0.15, -0.1) is 6.58 Å². The van der Waals surface area contributed by atoms with Gasteiger partial charge in [-0.2, -0.15) is 0 Å². The largest absolute Gasteiger partial charge is 0.496 e. The summed E-state index contributed by atoms with van der Waals surface area (Å²) in [5, 5.41) is 50.2. The van der Waals surface area contributed by atoms with Crippen LogP contribution in [0.3, 0.4) is 0 Å². The van der Waals surface area contributed by atoms with Crippen LogP contribution in [0.15, 0.2) is 163 Å². The van der Waals surface area contributed by atoms with Crippen LogP contribution in [-0.2, 0) is 27.5 Å². The van der Waals surface area contributed by atoms with Crippen molar-refractivity contribution in [3.05, 3.63) is 206 Å². The number of aliphatic hydroxyl groups excluding tert-OH is 2. The smallest absolute Gasteiger partial charge is 0.269 e. The summed E-state index contributed by atoms with van der Waals surface area (Å²) in [6.07, 6.45) is 11.6. The Kier molecular flexibility index (Phi) is 17.7. The van der Waals surface area contributed by atoms with E-state index in [2.05, 4.69) is 12.7 Å². The SMILES string of the molecule is C=CCO[C@@]12Oc3ccc(Oc4ccc(OC)c(C=O)c4)cc3[C@H]3[C@H](CCCCO)[C@@H](CCCCO)C=C(C(=NOCc4ccc([N+](=O)[O-])cc4)C[C@@H]1N(Cc1cccc4ccccc14)C(=O)C=Cc1ccc([N+](=O)[O-])cc1)[C@H]32. The molecule has 6 aromatic carbocycles. The normalized spacial score (nSPS) is 20.6. The van der Waals surface area contributed by atoms with E-state index in [-0.39, 0.29) is 62.6 Å². The molecule has 1 fully saturated rings. The van der Waals surface area contributed by atoms with Crippen molar-refractivity contribution in [3.63, 3.8) is 0 Å². The molecule has 6 aromatic rings. The molecule has 6 atom stereocenters. The molecule has 2 N–H and O–H groups in total. The molecule has 0 unspecified atom stereocenters. The lowest BCUT2D eigenvalue weighted by Crippen LogP contribution is -2.70. The number of hydrogen-bond donors (Lipinski definition) is 2. The van der Waals surface area contributed by atoms with E-state index < -0.39 is 39.4 Å². The molecule has 1 amide bonds. The number of non-ortho nitro benzene ring substituents is 2. The first-order valence-corrected chi connectivity index (χ1v) is 26.4. The molecule has 3 aliphatic rings. The second-order valence-electron chi connectivity index (χ2n) is 19.9. The number of oxime groups is 1. The first kappa shape index (κ1) is 55.3. The number of benzene rings is 6. The average Bonchev–Trinajstić information content (AvgIpc) is 3.17. The third-order valence-corrected chi connectivity index (χ3v) is 15.2. The number of amides is 1. The Balaban J connectivity index is 1.26. The summed E-state index contributed by atoms with van der Waals surface area (Å²) in [6, 6.07) is 35.4. The van der Waals surface area contributed by atoms with Crippen molar-refractivity contribution in [3.8, 4) is 23.0 Å². The summed E-state index contributed by atoms with van der Waals surface area (Å²) in [5.41, 5.74) is 4.28. The van der Waals surface area contributed by atoms with Gasteiger partial charge < -0.3 is 38.9 Å². The van der Waals surface area contributed by atoms with E-state index >= 15 is 4.79 Å². The number of nitro benzene ring substituents is 2. The molecule has 1 heterocycles. The van der Waals surface area contributed by atoms with Crippen LogP contribution in [0.1, 0.15) is 83.5 Å². The number of nitrogens with zero attached hydrogens (tertiary/aromatic N) is 4. The van der Waals surface area contributed by atoms with Crippen molar-refractivity contribution in [2.45, 2.75) is 75.8 Å². The van der Waals surface area contributed by atoms with Gasteiger partial charge in [-0.05, 0) is 137 Å². The van der Waals surface area contributed by atoms with E-state index in [4.69, 9.17) is 28.9 Å². The third kappa shape index (κ3) is 12.1. The highest BCUT2D eigenvalue weighted by atomic mass is 16.7. The average molecular weight is 1070 g/mol. The van der Waals surface area contributed by atoms with Gasteiger partial charge in [-0.3, -0.25) is 29.8 Å². The number of carbonyl (C=O) groups is 2. The highest BCUT2D eigenvalue weighted by Crippen LogP contribution is 2.62. The fourth-order valence-electron chi connectivity index (χ4n) is 11.5. The van der Waals surface area contributed by atoms with Crippen molar-refractivity contribution < 1.29 is 53.4 Å². The summed E-state index contributed by atoms with van der Waals surface area (Å²) < 4.78 is 26.7. The number of aldehydes is 1.